The molecule has 1 unspecified atom stereocenters. The van der Waals surface area contributed by atoms with Gasteiger partial charge in [0.2, 0.25) is 10.0 Å². The molecule has 8 nitrogen and oxygen atoms in total. The molecule has 0 N–H and O–H groups in total. The highest BCUT2D eigenvalue weighted by Crippen LogP contribution is 2.51. The number of sulfonamides is 1. The summed E-state index contributed by atoms with van der Waals surface area (Å²) >= 11 is 1.50. The Hall–Kier alpha value is -2.27. The molecule has 0 saturated carbocycles. The Morgan fingerprint density at radius 1 is 1.14 bits per heavy atom. The molecular formula is C27H37N3O5S2. The number of likely N-dealkylation sites (tertiary alicyclic amines) is 1. The zero-order valence-corrected chi connectivity index (χ0v) is 23.9. The third-order valence-electron chi connectivity index (χ3n) is 7.18. The number of anilines is 2. The molecule has 10 heteroatoms. The summed E-state index contributed by atoms with van der Waals surface area (Å²) < 4.78 is 38.4. The van der Waals surface area contributed by atoms with Crippen LogP contribution in [0.1, 0.15) is 33.1 Å². The van der Waals surface area contributed by atoms with E-state index in [-0.39, 0.29) is 12.1 Å². The van der Waals surface area contributed by atoms with Crippen LogP contribution in [-0.2, 0) is 19.6 Å². The number of ether oxygens (including phenoxy) is 2. The van der Waals surface area contributed by atoms with Gasteiger partial charge in [-0.15, -0.1) is 0 Å². The van der Waals surface area contributed by atoms with Crippen LogP contribution in [-0.4, -0.2) is 77.1 Å². The van der Waals surface area contributed by atoms with Gasteiger partial charge >= 0.3 is 5.97 Å². The number of hydrogen-bond donors (Lipinski definition) is 0. The van der Waals surface area contributed by atoms with Gasteiger partial charge in [-0.3, -0.25) is 4.79 Å². The molecule has 37 heavy (non-hydrogen) atoms. The van der Waals surface area contributed by atoms with Crippen LogP contribution in [0, 0.1) is 5.92 Å². The van der Waals surface area contributed by atoms with Gasteiger partial charge in [-0.2, -0.15) is 0 Å². The molecule has 2 aliphatic rings. The standard InChI is InChI=1S/C27H37N3O5S2/c1-19(35-20(2)31)21-12-16-29(17-13-21)14-7-15-30-23-8-6-9-26(37(32,33)28(3)4)27(23)36-25-11-10-22(34-5)18-24(25)30/h6,8-11,18-19,21H,7,12-17H2,1-5H3. The third kappa shape index (κ3) is 6.08. The Labute approximate surface area is 225 Å². The van der Waals surface area contributed by atoms with Crippen molar-refractivity contribution < 1.29 is 22.7 Å². The molecule has 0 amide bonds. The lowest BCUT2D eigenvalue weighted by molar-refractivity contribution is -0.148. The van der Waals surface area contributed by atoms with Crippen molar-refractivity contribution in [1.82, 2.24) is 9.21 Å². The molecule has 0 spiro atoms. The van der Waals surface area contributed by atoms with Crippen LogP contribution in [0.4, 0.5) is 11.4 Å². The zero-order valence-electron chi connectivity index (χ0n) is 22.3. The van der Waals surface area contributed by atoms with Crippen LogP contribution in [0.2, 0.25) is 0 Å². The number of piperidine rings is 1. The topological polar surface area (TPSA) is 79.4 Å². The fraction of sp³-hybridized carbons (Fsp3) is 0.519. The molecule has 2 aromatic rings. The van der Waals surface area contributed by atoms with E-state index in [1.54, 1.807) is 27.3 Å². The van der Waals surface area contributed by atoms with E-state index in [4.69, 9.17) is 9.47 Å². The van der Waals surface area contributed by atoms with Gasteiger partial charge in [-0.05, 0) is 76.0 Å². The minimum absolute atomic E-state index is 0.0406. The normalized spacial score (nSPS) is 17.3. The van der Waals surface area contributed by atoms with E-state index in [1.165, 1.54) is 23.0 Å². The molecule has 0 radical (unpaired) electrons. The predicted molar refractivity (Wildman–Crippen MR) is 146 cm³/mol. The lowest BCUT2D eigenvalue weighted by Gasteiger charge is -2.36. The maximum Gasteiger partial charge on any atom is 0.302 e. The summed E-state index contributed by atoms with van der Waals surface area (Å²) in [6, 6.07) is 11.5. The monoisotopic (exact) mass is 547 g/mol. The van der Waals surface area contributed by atoms with Crippen molar-refractivity contribution in [3.63, 3.8) is 0 Å². The second-order valence-corrected chi connectivity index (χ2v) is 13.0. The third-order valence-corrected chi connectivity index (χ3v) is 10.4. The quantitative estimate of drug-likeness (QED) is 0.422. The van der Waals surface area contributed by atoms with E-state index in [9.17, 15) is 13.2 Å². The van der Waals surface area contributed by atoms with Gasteiger partial charge in [-0.1, -0.05) is 17.8 Å². The van der Waals surface area contributed by atoms with Crippen LogP contribution in [0.15, 0.2) is 51.1 Å². The number of esters is 1. The number of rotatable bonds is 9. The molecule has 0 aromatic heterocycles. The highest BCUT2D eigenvalue weighted by Gasteiger charge is 2.31. The number of hydrogen-bond acceptors (Lipinski definition) is 8. The largest absolute Gasteiger partial charge is 0.497 e. The minimum atomic E-state index is -3.59. The number of fused-ring (bicyclic) bond motifs is 2. The van der Waals surface area contributed by atoms with Crippen molar-refractivity contribution in [3.8, 4) is 5.75 Å². The molecule has 2 heterocycles. The molecular weight excluding hydrogens is 510 g/mol. The Kier molecular flexibility index (Phi) is 8.73. The summed E-state index contributed by atoms with van der Waals surface area (Å²) in [6.07, 6.45) is 2.92. The number of benzene rings is 2. The van der Waals surface area contributed by atoms with Crippen molar-refractivity contribution in [2.45, 2.75) is 53.9 Å². The number of nitrogens with zero attached hydrogens (tertiary/aromatic N) is 3. The van der Waals surface area contributed by atoms with Gasteiger partial charge < -0.3 is 19.3 Å². The van der Waals surface area contributed by atoms with E-state index in [0.29, 0.717) is 10.8 Å². The van der Waals surface area contributed by atoms with E-state index in [0.717, 1.165) is 72.4 Å². The molecule has 1 fully saturated rings. The van der Waals surface area contributed by atoms with Crippen LogP contribution < -0.4 is 9.64 Å². The summed E-state index contributed by atoms with van der Waals surface area (Å²) in [7, 11) is 1.19. The van der Waals surface area contributed by atoms with E-state index >= 15 is 0 Å². The van der Waals surface area contributed by atoms with Crippen molar-refractivity contribution >= 4 is 39.1 Å². The first-order valence-corrected chi connectivity index (χ1v) is 15.0. The Morgan fingerprint density at radius 3 is 2.51 bits per heavy atom. The molecule has 2 aliphatic heterocycles. The number of carbonyl (C=O) groups is 1. The Balaban J connectivity index is 1.51. The fourth-order valence-corrected chi connectivity index (χ4v) is 7.58. The predicted octanol–water partition coefficient (Wildman–Crippen LogP) is 4.60. The van der Waals surface area contributed by atoms with E-state index < -0.39 is 10.0 Å². The summed E-state index contributed by atoms with van der Waals surface area (Å²) in [5.41, 5.74) is 1.94. The Bertz CT molecular complexity index is 1230. The SMILES string of the molecule is COc1ccc2c(c1)N(CCCN1CCC(C(C)OC(C)=O)CC1)c1cccc(S(=O)(=O)N(C)C)c1S2. The van der Waals surface area contributed by atoms with Crippen molar-refractivity contribution in [3.05, 3.63) is 36.4 Å². The van der Waals surface area contributed by atoms with Gasteiger partial charge in [0.05, 0.1) is 28.3 Å². The first-order chi connectivity index (χ1) is 17.6. The van der Waals surface area contributed by atoms with Crippen molar-refractivity contribution in [2.24, 2.45) is 5.92 Å². The summed E-state index contributed by atoms with van der Waals surface area (Å²) in [5.74, 6) is 0.963. The van der Waals surface area contributed by atoms with Gasteiger partial charge in [0.1, 0.15) is 11.9 Å². The molecule has 1 saturated heterocycles. The molecule has 202 valence electrons. The zero-order chi connectivity index (χ0) is 26.7. The van der Waals surface area contributed by atoms with Crippen LogP contribution in [0.25, 0.3) is 0 Å². The fourth-order valence-electron chi connectivity index (χ4n) is 5.08. The van der Waals surface area contributed by atoms with Crippen LogP contribution in [0.5, 0.6) is 5.75 Å². The average molecular weight is 548 g/mol. The molecule has 4 rings (SSSR count). The number of methoxy groups -OCH3 is 1. The van der Waals surface area contributed by atoms with Gasteiger partial charge in [0.15, 0.2) is 0 Å². The summed E-state index contributed by atoms with van der Waals surface area (Å²) in [6.45, 7) is 7.13. The molecule has 0 aliphatic carbocycles. The van der Waals surface area contributed by atoms with Gasteiger partial charge in [0, 0.05) is 38.5 Å². The molecule has 1 atom stereocenters. The van der Waals surface area contributed by atoms with Crippen LogP contribution >= 0.6 is 11.8 Å². The van der Waals surface area contributed by atoms with Gasteiger partial charge in [0.25, 0.3) is 0 Å². The van der Waals surface area contributed by atoms with Crippen molar-refractivity contribution in [2.75, 3.05) is 52.3 Å². The first kappa shape index (κ1) is 27.8. The molecule has 0 bridgehead atoms. The van der Waals surface area contributed by atoms with E-state index in [1.807, 2.05) is 37.3 Å². The van der Waals surface area contributed by atoms with Gasteiger partial charge in [-0.25, -0.2) is 12.7 Å². The van der Waals surface area contributed by atoms with E-state index in [2.05, 4.69) is 9.80 Å². The maximum absolute atomic E-state index is 13.1. The molecule has 2 aromatic carbocycles. The second kappa shape index (κ2) is 11.6. The first-order valence-electron chi connectivity index (χ1n) is 12.7. The van der Waals surface area contributed by atoms with Crippen LogP contribution in [0.3, 0.4) is 0 Å². The maximum atomic E-state index is 13.1. The average Bonchev–Trinajstić information content (AvgIpc) is 2.87. The number of carbonyl (C=O) groups excluding carboxylic acids is 1. The second-order valence-electron chi connectivity index (χ2n) is 9.83. The highest BCUT2D eigenvalue weighted by atomic mass is 32.2. The lowest BCUT2D eigenvalue weighted by atomic mass is 9.92. The minimum Gasteiger partial charge on any atom is -0.497 e. The smallest absolute Gasteiger partial charge is 0.302 e. The summed E-state index contributed by atoms with van der Waals surface area (Å²) in [4.78, 5) is 18.1. The highest BCUT2D eigenvalue weighted by molar-refractivity contribution is 8.00. The Morgan fingerprint density at radius 2 is 1.86 bits per heavy atom. The summed E-state index contributed by atoms with van der Waals surface area (Å²) in [5, 5.41) is 0. The lowest BCUT2D eigenvalue weighted by Crippen LogP contribution is -2.39. The van der Waals surface area contributed by atoms with Crippen molar-refractivity contribution in [1.29, 1.82) is 0 Å².